The molecule has 5 aromatic rings. The number of hydrogen-bond donors (Lipinski definition) is 2. The number of H-pyrrole nitrogens is 2. The molecule has 5 heterocycles. The van der Waals surface area contributed by atoms with Crippen LogP contribution in [0.3, 0.4) is 0 Å². The van der Waals surface area contributed by atoms with Crippen molar-refractivity contribution in [2.45, 2.75) is 0 Å². The molecule has 35 heavy (non-hydrogen) atoms. The summed E-state index contributed by atoms with van der Waals surface area (Å²) in [5, 5.41) is 2.77. The van der Waals surface area contributed by atoms with Crippen LogP contribution in [0.15, 0.2) is 91.0 Å². The van der Waals surface area contributed by atoms with Gasteiger partial charge < -0.3 is 9.97 Å². The molecule has 0 radical (unpaired) electrons. The van der Waals surface area contributed by atoms with E-state index in [9.17, 15) is 0 Å². The Morgan fingerprint density at radius 3 is 1.37 bits per heavy atom. The van der Waals surface area contributed by atoms with Gasteiger partial charge in [-0.05, 0) is 72.8 Å². The first-order valence-electron chi connectivity index (χ1n) is 11.5. The fourth-order valence-electron chi connectivity index (χ4n) is 4.24. The van der Waals surface area contributed by atoms with E-state index in [4.69, 9.17) is 0 Å². The molecule has 2 N–H and O–H groups in total. The average Bonchev–Trinajstić information content (AvgIpc) is 3.66. The first kappa shape index (κ1) is 21.5. The van der Waals surface area contributed by atoms with Gasteiger partial charge in [0.05, 0.1) is 22.8 Å². The molecule has 0 atom stereocenters. The molecule has 0 spiro atoms. The summed E-state index contributed by atoms with van der Waals surface area (Å²) in [6.07, 6.45) is 8.09. The third-order valence-electron chi connectivity index (χ3n) is 5.92. The van der Waals surface area contributed by atoms with Crippen molar-refractivity contribution in [3.8, 4) is 0 Å². The number of aromatic amines is 2. The summed E-state index contributed by atoms with van der Waals surface area (Å²) in [6.45, 7) is 0. The maximum atomic E-state index is 4.63. The summed E-state index contributed by atoms with van der Waals surface area (Å²) >= 11 is 1.24. The number of nitrogens with one attached hydrogen (secondary N) is 2. The summed E-state index contributed by atoms with van der Waals surface area (Å²) in [7, 11) is 0. The Hall–Kier alpha value is -4.08. The second-order valence-electron chi connectivity index (χ2n) is 8.54. The Labute approximate surface area is 212 Å². The predicted molar refractivity (Wildman–Crippen MR) is 142 cm³/mol. The molecule has 8 bridgehead atoms. The Bertz CT molecular complexity index is 1590. The van der Waals surface area contributed by atoms with Gasteiger partial charge in [-0.3, -0.25) is 0 Å². The summed E-state index contributed by atoms with van der Waals surface area (Å²) in [5.74, 6) is 0. The molecule has 0 aliphatic carbocycles. The zero-order valence-electron chi connectivity index (χ0n) is 19.1. The van der Waals surface area contributed by atoms with Crippen molar-refractivity contribution in [3.05, 3.63) is 114 Å². The van der Waals surface area contributed by atoms with Crippen molar-refractivity contribution < 1.29 is 18.3 Å². The topological polar surface area (TPSA) is 57.4 Å². The first-order chi connectivity index (χ1) is 17.2. The number of hydrogen-bond acceptors (Lipinski definition) is 2. The SMILES string of the molecule is C1=Cc2cc3ccc(cc4nc(cc5ccc(cc1n2)[nH]5)C=C4)[nH]3.[Zn][c]1cccc2ccccc12. The summed E-state index contributed by atoms with van der Waals surface area (Å²) < 4.78 is 1.48. The van der Waals surface area contributed by atoms with E-state index >= 15 is 0 Å². The minimum atomic E-state index is 0.939. The van der Waals surface area contributed by atoms with Crippen LogP contribution >= 0.6 is 0 Å². The van der Waals surface area contributed by atoms with Crippen LogP contribution < -0.4 is 4.16 Å². The van der Waals surface area contributed by atoms with E-state index in [0.717, 1.165) is 44.8 Å². The molecule has 2 aliphatic rings. The fraction of sp³-hybridized carbons (Fsp3) is 0. The van der Waals surface area contributed by atoms with Gasteiger partial charge in [-0.15, -0.1) is 0 Å². The zero-order chi connectivity index (χ0) is 23.6. The molecule has 0 amide bonds. The van der Waals surface area contributed by atoms with Gasteiger partial charge >= 0.3 is 75.7 Å². The third kappa shape index (κ3) is 4.91. The molecule has 4 nitrogen and oxygen atoms in total. The van der Waals surface area contributed by atoms with Gasteiger partial charge in [0, 0.05) is 22.1 Å². The van der Waals surface area contributed by atoms with E-state index in [1.165, 1.54) is 33.2 Å². The van der Waals surface area contributed by atoms with Gasteiger partial charge in [0.2, 0.25) is 0 Å². The first-order valence-corrected chi connectivity index (χ1v) is 13.0. The van der Waals surface area contributed by atoms with Crippen LogP contribution in [0.1, 0.15) is 22.8 Å². The number of nitrogens with zero attached hydrogens (tertiary/aromatic N) is 2. The van der Waals surface area contributed by atoms with Crippen molar-refractivity contribution in [1.29, 1.82) is 0 Å². The fourth-order valence-corrected chi connectivity index (χ4v) is 5.20. The van der Waals surface area contributed by atoms with Crippen LogP contribution in [0.5, 0.6) is 0 Å². The second-order valence-corrected chi connectivity index (χ2v) is 10.1. The molecule has 163 valence electrons. The van der Waals surface area contributed by atoms with E-state index < -0.39 is 0 Å². The molecule has 0 saturated carbocycles. The van der Waals surface area contributed by atoms with Crippen LogP contribution in [-0.4, -0.2) is 19.9 Å². The van der Waals surface area contributed by atoms with Crippen LogP contribution in [0.25, 0.3) is 57.1 Å². The van der Waals surface area contributed by atoms with Gasteiger partial charge in [-0.25, -0.2) is 9.97 Å². The molecule has 2 aliphatic heterocycles. The Kier molecular flexibility index (Phi) is 5.69. The maximum absolute atomic E-state index is 4.63. The zero-order valence-corrected chi connectivity index (χ0v) is 22.0. The van der Waals surface area contributed by atoms with Crippen molar-refractivity contribution in [3.63, 3.8) is 0 Å². The average molecular weight is 503 g/mol. The van der Waals surface area contributed by atoms with Gasteiger partial charge in [0.15, 0.2) is 0 Å². The molecule has 5 heteroatoms. The molecule has 0 unspecified atom stereocenters. The normalized spacial score (nSPS) is 11.9. The number of benzene rings is 2. The number of rotatable bonds is 0. The van der Waals surface area contributed by atoms with Crippen LogP contribution in [0.4, 0.5) is 0 Å². The van der Waals surface area contributed by atoms with Crippen molar-refractivity contribution in [2.24, 2.45) is 0 Å². The van der Waals surface area contributed by atoms with E-state index in [1.54, 1.807) is 0 Å². The molecular formula is C30H21N4Zn. The van der Waals surface area contributed by atoms with E-state index in [2.05, 4.69) is 86.7 Å². The summed E-state index contributed by atoms with van der Waals surface area (Å²) in [4.78, 5) is 16.0. The monoisotopic (exact) mass is 501 g/mol. The van der Waals surface area contributed by atoms with Gasteiger partial charge in [-0.1, -0.05) is 0 Å². The number of fused-ring (bicyclic) bond motifs is 9. The molecule has 2 aromatic carbocycles. The Balaban J connectivity index is 0.000000174. The van der Waals surface area contributed by atoms with E-state index in [0.29, 0.717) is 0 Å². The van der Waals surface area contributed by atoms with Gasteiger partial charge in [0.1, 0.15) is 0 Å². The third-order valence-corrected chi connectivity index (χ3v) is 7.22. The van der Waals surface area contributed by atoms with Crippen LogP contribution in [-0.2, 0) is 18.3 Å². The van der Waals surface area contributed by atoms with Gasteiger partial charge in [0.25, 0.3) is 0 Å². The molecular weight excluding hydrogens is 482 g/mol. The van der Waals surface area contributed by atoms with Gasteiger partial charge in [-0.2, -0.15) is 0 Å². The minimum absolute atomic E-state index is 0.939. The van der Waals surface area contributed by atoms with Crippen molar-refractivity contribution >= 4 is 61.3 Å². The second kappa shape index (κ2) is 9.29. The van der Waals surface area contributed by atoms with Crippen molar-refractivity contribution in [2.75, 3.05) is 0 Å². The van der Waals surface area contributed by atoms with E-state index in [-0.39, 0.29) is 0 Å². The quantitative estimate of drug-likeness (QED) is 0.228. The van der Waals surface area contributed by atoms with E-state index in [1.807, 2.05) is 48.6 Å². The molecule has 3 aromatic heterocycles. The molecule has 0 fully saturated rings. The Morgan fingerprint density at radius 2 is 0.914 bits per heavy atom. The summed E-state index contributed by atoms with van der Waals surface area (Å²) in [5.41, 5.74) is 7.86. The Morgan fingerprint density at radius 1 is 0.486 bits per heavy atom. The molecule has 7 rings (SSSR count). The summed E-state index contributed by atoms with van der Waals surface area (Å²) in [6, 6.07) is 31.4. The standard InChI is InChI=1S/C20H14N4.C10H7.Zn/c1-2-14-10-16-5-6-18(23-16)12-20-8-7-19(24-20)11-17-4-3-15(22-17)9-13(1)21-14;1-2-6-10-8-4-3-7-9(10)5-1;/h1-12,21,24H;1-7H;. The molecule has 0 saturated heterocycles. The predicted octanol–water partition coefficient (Wildman–Crippen LogP) is 6.67. The van der Waals surface area contributed by atoms with Crippen LogP contribution in [0, 0.1) is 0 Å². The van der Waals surface area contributed by atoms with Crippen LogP contribution in [0.2, 0.25) is 0 Å². The number of aromatic nitrogens is 4. The van der Waals surface area contributed by atoms with Crippen molar-refractivity contribution in [1.82, 2.24) is 19.9 Å².